The van der Waals surface area contributed by atoms with Crippen LogP contribution in [0.2, 0.25) is 0 Å². The van der Waals surface area contributed by atoms with Gasteiger partial charge in [0.15, 0.2) is 0 Å². The lowest BCUT2D eigenvalue weighted by atomic mass is 9.87. The molecule has 0 bridgehead atoms. The molecule has 0 aromatic carbocycles. The maximum absolute atomic E-state index is 5.55. The van der Waals surface area contributed by atoms with E-state index < -0.39 is 0 Å². The summed E-state index contributed by atoms with van der Waals surface area (Å²) in [4.78, 5) is 0. The first-order chi connectivity index (χ1) is 9.24. The van der Waals surface area contributed by atoms with Gasteiger partial charge in [-0.1, -0.05) is 12.1 Å². The van der Waals surface area contributed by atoms with E-state index in [0.717, 1.165) is 11.6 Å². The van der Waals surface area contributed by atoms with Crippen LogP contribution in [0.4, 0.5) is 0 Å². The predicted octanol–water partition coefficient (Wildman–Crippen LogP) is 3.10. The Morgan fingerprint density at radius 1 is 1.21 bits per heavy atom. The molecule has 0 saturated heterocycles. The van der Waals surface area contributed by atoms with Crippen molar-refractivity contribution in [1.29, 1.82) is 0 Å². The molecule has 0 amide bonds. The second kappa shape index (κ2) is 7.01. The summed E-state index contributed by atoms with van der Waals surface area (Å²) in [5.41, 5.74) is 0.780. The molecule has 5 heteroatoms. The fourth-order valence-electron chi connectivity index (χ4n) is 2.61. The van der Waals surface area contributed by atoms with Crippen LogP contribution in [0.1, 0.15) is 64.5 Å². The lowest BCUT2D eigenvalue weighted by Gasteiger charge is -2.25. The van der Waals surface area contributed by atoms with Gasteiger partial charge in [0.1, 0.15) is 5.69 Å². The van der Waals surface area contributed by atoms with Gasteiger partial charge in [-0.05, 0) is 45.4 Å². The summed E-state index contributed by atoms with van der Waals surface area (Å²) in [6.45, 7) is 7.46. The highest BCUT2D eigenvalue weighted by Crippen LogP contribution is 2.31. The Morgan fingerprint density at radius 3 is 2.42 bits per heavy atom. The summed E-state index contributed by atoms with van der Waals surface area (Å²) in [5, 5.41) is 8.47. The minimum atomic E-state index is -0.383. The van der Waals surface area contributed by atoms with Gasteiger partial charge in [0.2, 0.25) is 6.29 Å². The number of hydrogen-bond donors (Lipinski definition) is 0. The Labute approximate surface area is 115 Å². The molecule has 0 unspecified atom stereocenters. The van der Waals surface area contributed by atoms with Crippen molar-refractivity contribution >= 4 is 0 Å². The monoisotopic (exact) mass is 267 g/mol. The van der Waals surface area contributed by atoms with Crippen molar-refractivity contribution in [1.82, 2.24) is 15.0 Å². The van der Waals surface area contributed by atoms with Crippen LogP contribution in [0, 0.1) is 5.92 Å². The van der Waals surface area contributed by atoms with Crippen molar-refractivity contribution in [3.63, 3.8) is 0 Å². The molecule has 1 aliphatic carbocycles. The molecule has 1 aliphatic rings. The smallest absolute Gasteiger partial charge is 0.204 e. The van der Waals surface area contributed by atoms with Gasteiger partial charge in [0.05, 0.1) is 12.2 Å². The van der Waals surface area contributed by atoms with Gasteiger partial charge in [-0.15, -0.1) is 5.10 Å². The molecule has 1 fully saturated rings. The van der Waals surface area contributed by atoms with E-state index in [2.05, 4.69) is 17.2 Å². The zero-order valence-corrected chi connectivity index (χ0v) is 12.2. The Balaban J connectivity index is 2.00. The molecule has 0 radical (unpaired) electrons. The summed E-state index contributed by atoms with van der Waals surface area (Å²) in [5.74, 6) is 0.846. The van der Waals surface area contributed by atoms with Gasteiger partial charge in [-0.25, -0.2) is 4.68 Å². The number of nitrogens with zero attached hydrogens (tertiary/aromatic N) is 3. The molecule has 1 heterocycles. The predicted molar refractivity (Wildman–Crippen MR) is 72.7 cm³/mol. The normalized spacial score (nSPS) is 24.0. The van der Waals surface area contributed by atoms with Crippen LogP contribution >= 0.6 is 0 Å². The molecule has 1 aromatic heterocycles. The number of rotatable bonds is 6. The highest BCUT2D eigenvalue weighted by molar-refractivity contribution is 4.96. The first-order valence-corrected chi connectivity index (χ1v) is 7.39. The van der Waals surface area contributed by atoms with Gasteiger partial charge in [0.25, 0.3) is 0 Å². The molecular weight excluding hydrogens is 242 g/mol. The molecule has 19 heavy (non-hydrogen) atoms. The van der Waals surface area contributed by atoms with Gasteiger partial charge >= 0.3 is 0 Å². The average Bonchev–Trinajstić information content (AvgIpc) is 2.89. The van der Waals surface area contributed by atoms with E-state index in [-0.39, 0.29) is 6.29 Å². The summed E-state index contributed by atoms with van der Waals surface area (Å²) in [6.07, 6.45) is 6.54. The Bertz CT molecular complexity index is 367. The maximum atomic E-state index is 5.55. The van der Waals surface area contributed by atoms with Crippen LogP contribution < -0.4 is 0 Å². The van der Waals surface area contributed by atoms with E-state index in [0.29, 0.717) is 19.3 Å². The molecule has 2 rings (SSSR count). The topological polar surface area (TPSA) is 49.2 Å². The number of aromatic nitrogens is 3. The molecule has 1 aromatic rings. The molecular formula is C14H25N3O2. The third kappa shape index (κ3) is 3.76. The summed E-state index contributed by atoms with van der Waals surface area (Å²) >= 11 is 0. The molecule has 0 N–H and O–H groups in total. The van der Waals surface area contributed by atoms with E-state index in [9.17, 15) is 0 Å². The summed E-state index contributed by atoms with van der Waals surface area (Å²) in [6, 6.07) is 0.487. The number of ether oxygens (including phenoxy) is 2. The zero-order chi connectivity index (χ0) is 13.7. The molecule has 0 aliphatic heterocycles. The Kier molecular flexibility index (Phi) is 5.34. The molecule has 0 atom stereocenters. The van der Waals surface area contributed by atoms with Crippen LogP contribution in [0.3, 0.4) is 0 Å². The fourth-order valence-corrected chi connectivity index (χ4v) is 2.61. The SMILES string of the molecule is CCOC(OCC)c1cn(C2CCC(C)CC2)nn1. The van der Waals surface area contributed by atoms with Crippen molar-refractivity contribution in [3.8, 4) is 0 Å². The molecule has 5 nitrogen and oxygen atoms in total. The maximum Gasteiger partial charge on any atom is 0.204 e. The van der Waals surface area contributed by atoms with Crippen LogP contribution in [-0.4, -0.2) is 28.2 Å². The third-order valence-electron chi connectivity index (χ3n) is 3.77. The molecule has 108 valence electrons. The fraction of sp³-hybridized carbons (Fsp3) is 0.857. The average molecular weight is 267 g/mol. The van der Waals surface area contributed by atoms with E-state index in [1.54, 1.807) is 0 Å². The lowest BCUT2D eigenvalue weighted by molar-refractivity contribution is -0.142. The zero-order valence-electron chi connectivity index (χ0n) is 12.2. The highest BCUT2D eigenvalue weighted by Gasteiger charge is 2.22. The minimum absolute atomic E-state index is 0.383. The highest BCUT2D eigenvalue weighted by atomic mass is 16.7. The quantitative estimate of drug-likeness (QED) is 0.743. The van der Waals surface area contributed by atoms with Gasteiger partial charge in [-0.2, -0.15) is 0 Å². The van der Waals surface area contributed by atoms with Gasteiger partial charge in [-0.3, -0.25) is 0 Å². The van der Waals surface area contributed by atoms with Crippen LogP contribution in [0.5, 0.6) is 0 Å². The lowest BCUT2D eigenvalue weighted by Crippen LogP contribution is -2.17. The molecule has 0 spiro atoms. The van der Waals surface area contributed by atoms with Crippen molar-refractivity contribution in [2.75, 3.05) is 13.2 Å². The van der Waals surface area contributed by atoms with Crippen LogP contribution in [-0.2, 0) is 9.47 Å². The van der Waals surface area contributed by atoms with Crippen molar-refractivity contribution < 1.29 is 9.47 Å². The second-order valence-electron chi connectivity index (χ2n) is 5.28. The van der Waals surface area contributed by atoms with E-state index in [1.807, 2.05) is 24.7 Å². The van der Waals surface area contributed by atoms with E-state index in [4.69, 9.17) is 9.47 Å². The first-order valence-electron chi connectivity index (χ1n) is 7.39. The van der Waals surface area contributed by atoms with Gasteiger partial charge < -0.3 is 9.47 Å². The van der Waals surface area contributed by atoms with Crippen molar-refractivity contribution in [2.45, 2.75) is 58.8 Å². The largest absolute Gasteiger partial charge is 0.347 e. The van der Waals surface area contributed by atoms with Gasteiger partial charge in [0, 0.05) is 13.2 Å². The first kappa shape index (κ1) is 14.5. The third-order valence-corrected chi connectivity index (χ3v) is 3.77. The molecule has 1 saturated carbocycles. The van der Waals surface area contributed by atoms with Crippen LogP contribution in [0.15, 0.2) is 6.20 Å². The van der Waals surface area contributed by atoms with Crippen molar-refractivity contribution in [3.05, 3.63) is 11.9 Å². The van der Waals surface area contributed by atoms with E-state index in [1.165, 1.54) is 25.7 Å². The minimum Gasteiger partial charge on any atom is -0.347 e. The van der Waals surface area contributed by atoms with E-state index >= 15 is 0 Å². The second-order valence-corrected chi connectivity index (χ2v) is 5.28. The van der Waals surface area contributed by atoms with Crippen LogP contribution in [0.25, 0.3) is 0 Å². The number of hydrogen-bond acceptors (Lipinski definition) is 4. The summed E-state index contributed by atoms with van der Waals surface area (Å²) < 4.78 is 13.1. The summed E-state index contributed by atoms with van der Waals surface area (Å²) in [7, 11) is 0. The standard InChI is InChI=1S/C14H25N3O2/c1-4-18-14(19-5-2)13-10-17(16-15-13)12-8-6-11(3)7-9-12/h10-12,14H,4-9H2,1-3H3. The Hall–Kier alpha value is -0.940. The van der Waals surface area contributed by atoms with Crippen molar-refractivity contribution in [2.24, 2.45) is 5.92 Å². The Morgan fingerprint density at radius 2 is 1.84 bits per heavy atom.